The number of hydrogen-bond donors (Lipinski definition) is 0. The van der Waals surface area contributed by atoms with Crippen LogP contribution in [0.15, 0.2) is 243 Å². The van der Waals surface area contributed by atoms with Crippen LogP contribution in [0, 0.1) is 11.3 Å². The van der Waals surface area contributed by atoms with Crippen molar-refractivity contribution >= 4 is 109 Å². The highest BCUT2D eigenvalue weighted by Crippen LogP contribution is 2.48. The Hall–Kier alpha value is -10.1. The van der Waals surface area contributed by atoms with Gasteiger partial charge in [0.25, 0.3) is 0 Å². The second kappa shape index (κ2) is 15.0. The average molecular weight is 929 g/mol. The Morgan fingerprint density at radius 3 is 0.959 bits per heavy atom. The van der Waals surface area contributed by atoms with Crippen LogP contribution in [-0.2, 0) is 0 Å². The van der Waals surface area contributed by atoms with Crippen LogP contribution < -0.4 is 0 Å². The van der Waals surface area contributed by atoms with Gasteiger partial charge in [0.2, 0.25) is 0 Å². The molecule has 0 amide bonds. The maximum Gasteiger partial charge on any atom is 0.0993 e. The van der Waals surface area contributed by atoms with Crippen molar-refractivity contribution in [3.05, 3.63) is 248 Å². The lowest BCUT2D eigenvalue weighted by Gasteiger charge is -2.22. The van der Waals surface area contributed by atoms with Crippen LogP contribution in [0.3, 0.4) is 0 Å². The van der Waals surface area contributed by atoms with Crippen LogP contribution in [0.5, 0.6) is 0 Å². The highest BCUT2D eigenvalue weighted by Gasteiger charge is 2.29. The predicted octanol–water partition coefficient (Wildman–Crippen LogP) is 17.0. The molecular formula is C67H40N6. The number of benzene rings is 11. The van der Waals surface area contributed by atoms with E-state index in [1.165, 1.54) is 21.5 Å². The van der Waals surface area contributed by atoms with Gasteiger partial charge in [-0.15, -0.1) is 0 Å². The molecule has 5 heterocycles. The molecule has 5 aromatic heterocycles. The summed E-state index contributed by atoms with van der Waals surface area (Å²) in [6.07, 6.45) is 0. The first-order valence-electron chi connectivity index (χ1n) is 24.8. The largest absolute Gasteiger partial charge is 0.309 e. The van der Waals surface area contributed by atoms with Crippen LogP contribution in [0.1, 0.15) is 5.56 Å². The monoisotopic (exact) mass is 928 g/mol. The van der Waals surface area contributed by atoms with Gasteiger partial charge in [-0.25, -0.2) is 0 Å². The Kier molecular flexibility index (Phi) is 8.14. The SMILES string of the molecule is N#Cc1cc(-n2c3ccccc3c3c2ccc2c4ccccc4n(-c4ccccc4)c23)c(-n2c3ccccc3c3ccccc32)c(-n2c3ccccc3c3c2ccc2c4ccccc4n(-c4ccccc4)c23)c1. The van der Waals surface area contributed by atoms with E-state index in [9.17, 15) is 5.26 Å². The molecule has 0 fully saturated rings. The van der Waals surface area contributed by atoms with E-state index in [0.717, 1.165) is 116 Å². The lowest BCUT2D eigenvalue weighted by Crippen LogP contribution is -2.10. The van der Waals surface area contributed by atoms with Gasteiger partial charge in [-0.1, -0.05) is 158 Å². The van der Waals surface area contributed by atoms with Crippen LogP contribution in [0.4, 0.5) is 0 Å². The third-order valence-corrected chi connectivity index (χ3v) is 15.5. The van der Waals surface area contributed by atoms with Gasteiger partial charge in [0.1, 0.15) is 0 Å². The normalized spacial score (nSPS) is 12.1. The maximum absolute atomic E-state index is 11.4. The van der Waals surface area contributed by atoms with Crippen LogP contribution in [0.25, 0.3) is 137 Å². The first-order chi connectivity index (χ1) is 36.2. The Morgan fingerprint density at radius 1 is 0.260 bits per heavy atom. The van der Waals surface area contributed by atoms with Gasteiger partial charge in [-0.05, 0) is 84.9 Å². The summed E-state index contributed by atoms with van der Waals surface area (Å²) >= 11 is 0. The zero-order chi connectivity index (χ0) is 47.9. The summed E-state index contributed by atoms with van der Waals surface area (Å²) in [5.74, 6) is 0. The van der Waals surface area contributed by atoms with Gasteiger partial charge < -0.3 is 22.8 Å². The van der Waals surface area contributed by atoms with Crippen molar-refractivity contribution in [2.45, 2.75) is 0 Å². The number of hydrogen-bond acceptors (Lipinski definition) is 1. The van der Waals surface area contributed by atoms with Gasteiger partial charge in [-0.3, -0.25) is 0 Å². The summed E-state index contributed by atoms with van der Waals surface area (Å²) in [6.45, 7) is 0. The first-order valence-corrected chi connectivity index (χ1v) is 24.8. The molecule has 11 aromatic carbocycles. The third kappa shape index (κ3) is 5.34. The Bertz CT molecular complexity index is 4730. The zero-order valence-corrected chi connectivity index (χ0v) is 39.3. The molecule has 0 atom stereocenters. The number of fused-ring (bicyclic) bond motifs is 17. The topological polar surface area (TPSA) is 48.4 Å². The molecule has 0 aliphatic carbocycles. The van der Waals surface area contributed by atoms with Crippen molar-refractivity contribution in [1.82, 2.24) is 22.8 Å². The second-order valence-corrected chi connectivity index (χ2v) is 19.1. The fraction of sp³-hybridized carbons (Fsp3) is 0. The van der Waals surface area contributed by atoms with E-state index in [0.29, 0.717) is 5.56 Å². The van der Waals surface area contributed by atoms with Gasteiger partial charge in [-0.2, -0.15) is 5.26 Å². The third-order valence-electron chi connectivity index (χ3n) is 15.5. The molecule has 0 unspecified atom stereocenters. The second-order valence-electron chi connectivity index (χ2n) is 19.1. The fourth-order valence-electron chi connectivity index (χ4n) is 12.6. The average Bonchev–Trinajstić information content (AvgIpc) is 4.25. The highest BCUT2D eigenvalue weighted by atomic mass is 15.1. The quantitative estimate of drug-likeness (QED) is 0.170. The fourth-order valence-corrected chi connectivity index (χ4v) is 12.6. The van der Waals surface area contributed by atoms with Gasteiger partial charge in [0.05, 0.1) is 83.9 Å². The summed E-state index contributed by atoms with van der Waals surface area (Å²) in [4.78, 5) is 0. The predicted molar refractivity (Wildman–Crippen MR) is 303 cm³/mol. The molecule has 0 bridgehead atoms. The van der Waals surface area contributed by atoms with Gasteiger partial charge in [0, 0.05) is 65.2 Å². The number of aromatic nitrogens is 5. The maximum atomic E-state index is 11.4. The molecule has 0 aliphatic heterocycles. The molecule has 0 spiro atoms. The van der Waals surface area contributed by atoms with Gasteiger partial charge >= 0.3 is 0 Å². The summed E-state index contributed by atoms with van der Waals surface area (Å²) < 4.78 is 12.2. The summed E-state index contributed by atoms with van der Waals surface area (Å²) in [6, 6.07) is 90.1. The first kappa shape index (κ1) is 39.7. The molecule has 0 saturated carbocycles. The Labute approximate surface area is 417 Å². The van der Waals surface area contributed by atoms with Crippen molar-refractivity contribution in [3.8, 4) is 34.5 Å². The van der Waals surface area contributed by atoms with E-state index in [1.807, 2.05) is 0 Å². The highest BCUT2D eigenvalue weighted by molar-refractivity contribution is 6.28. The van der Waals surface area contributed by atoms with Crippen molar-refractivity contribution < 1.29 is 0 Å². The molecule has 338 valence electrons. The Morgan fingerprint density at radius 2 is 0.575 bits per heavy atom. The molecule has 6 heteroatoms. The van der Waals surface area contributed by atoms with Crippen molar-refractivity contribution in [3.63, 3.8) is 0 Å². The van der Waals surface area contributed by atoms with Gasteiger partial charge in [0.15, 0.2) is 0 Å². The molecule has 16 rings (SSSR count). The van der Waals surface area contributed by atoms with Crippen LogP contribution in [0.2, 0.25) is 0 Å². The molecule has 73 heavy (non-hydrogen) atoms. The van der Waals surface area contributed by atoms with E-state index < -0.39 is 0 Å². The van der Waals surface area contributed by atoms with E-state index in [2.05, 4.69) is 272 Å². The van der Waals surface area contributed by atoms with Crippen molar-refractivity contribution in [2.24, 2.45) is 0 Å². The summed E-state index contributed by atoms with van der Waals surface area (Å²) in [5, 5.41) is 23.1. The minimum atomic E-state index is 0.560. The number of nitriles is 1. The molecule has 0 aliphatic rings. The van der Waals surface area contributed by atoms with E-state index in [-0.39, 0.29) is 0 Å². The van der Waals surface area contributed by atoms with Crippen LogP contribution in [-0.4, -0.2) is 22.8 Å². The lowest BCUT2D eigenvalue weighted by atomic mass is 10.1. The number of para-hydroxylation sites is 8. The minimum absolute atomic E-state index is 0.560. The standard InChI is InChI=1S/C67H40N6/c68-41-42-39-61(71-57-33-17-11-27-51(57)63-59(71)37-35-49-47-25-9-13-29-53(47)69(65(49)63)43-19-3-1-4-20-43)67(73-55-31-15-7-23-45(55)46-24-8-16-32-56(46)73)62(40-42)72-58-34-18-12-28-52(58)64-60(72)38-36-50-48-26-10-14-30-54(48)70(66(50)64)44-21-5-2-6-22-44/h1-40H. The van der Waals surface area contributed by atoms with E-state index in [4.69, 9.17) is 0 Å². The van der Waals surface area contributed by atoms with E-state index in [1.54, 1.807) is 0 Å². The molecule has 0 saturated heterocycles. The van der Waals surface area contributed by atoms with Crippen molar-refractivity contribution in [2.75, 3.05) is 0 Å². The van der Waals surface area contributed by atoms with E-state index >= 15 is 0 Å². The number of rotatable bonds is 5. The molecular weight excluding hydrogens is 889 g/mol. The van der Waals surface area contributed by atoms with Crippen molar-refractivity contribution in [1.29, 1.82) is 5.26 Å². The smallest absolute Gasteiger partial charge is 0.0993 e. The molecule has 16 aromatic rings. The molecule has 0 N–H and O–H groups in total. The molecule has 0 radical (unpaired) electrons. The summed E-state index contributed by atoms with van der Waals surface area (Å²) in [7, 11) is 0. The summed E-state index contributed by atoms with van der Waals surface area (Å²) in [5.41, 5.74) is 16.5. The zero-order valence-electron chi connectivity index (χ0n) is 39.3. The molecule has 6 nitrogen and oxygen atoms in total. The lowest BCUT2D eigenvalue weighted by molar-refractivity contribution is 1.05. The Balaban J connectivity index is 1.12. The minimum Gasteiger partial charge on any atom is -0.309 e. The number of nitrogens with zero attached hydrogens (tertiary/aromatic N) is 6. The van der Waals surface area contributed by atoms with Crippen LogP contribution >= 0.6 is 0 Å².